The number of nitrogens with one attached hydrogen (secondary N) is 4. The van der Waals surface area contributed by atoms with Gasteiger partial charge in [0.2, 0.25) is 17.7 Å². The second-order valence-corrected chi connectivity index (χ2v) is 8.80. The second kappa shape index (κ2) is 15.5. The van der Waals surface area contributed by atoms with Crippen molar-refractivity contribution in [1.82, 2.24) is 25.9 Å². The van der Waals surface area contributed by atoms with Crippen molar-refractivity contribution in [2.75, 3.05) is 6.54 Å². The van der Waals surface area contributed by atoms with E-state index in [9.17, 15) is 29.1 Å². The van der Waals surface area contributed by atoms with Crippen LogP contribution in [0.1, 0.15) is 51.6 Å². The zero-order chi connectivity index (χ0) is 27.3. The van der Waals surface area contributed by atoms with Crippen molar-refractivity contribution < 1.29 is 34.2 Å². The molecule has 0 aromatic carbocycles. The summed E-state index contributed by atoms with van der Waals surface area (Å²) in [5, 5.41) is 25.8. The number of imidazole rings is 1. The Hall–Kier alpha value is -3.52. The van der Waals surface area contributed by atoms with Gasteiger partial charge >= 0.3 is 11.9 Å². The Morgan fingerprint density at radius 3 is 2.14 bits per heavy atom. The second-order valence-electron chi connectivity index (χ2n) is 8.80. The number of carbonyl (C=O) groups is 5. The van der Waals surface area contributed by atoms with E-state index in [0.29, 0.717) is 25.1 Å². The van der Waals surface area contributed by atoms with Crippen LogP contribution in [0.2, 0.25) is 0 Å². The molecule has 0 saturated heterocycles. The van der Waals surface area contributed by atoms with E-state index in [4.69, 9.17) is 16.6 Å². The van der Waals surface area contributed by atoms with Crippen LogP contribution in [0.4, 0.5) is 0 Å². The van der Waals surface area contributed by atoms with Gasteiger partial charge < -0.3 is 42.6 Å². The number of nitrogens with two attached hydrogens (primary N) is 2. The lowest BCUT2D eigenvalue weighted by Gasteiger charge is -2.26. The molecule has 1 heterocycles. The molecule has 1 aromatic heterocycles. The van der Waals surface area contributed by atoms with Gasteiger partial charge in [-0.1, -0.05) is 13.8 Å². The maximum atomic E-state index is 13.2. The molecule has 0 aliphatic carbocycles. The Balaban J connectivity index is 3.04. The molecule has 3 amide bonds. The van der Waals surface area contributed by atoms with E-state index in [1.165, 1.54) is 12.5 Å². The molecule has 0 fully saturated rings. The summed E-state index contributed by atoms with van der Waals surface area (Å²) in [4.78, 5) is 67.6. The first-order valence-corrected chi connectivity index (χ1v) is 11.7. The van der Waals surface area contributed by atoms with Crippen molar-refractivity contribution in [3.8, 4) is 0 Å². The Bertz CT molecular complexity index is 876. The minimum absolute atomic E-state index is 0.00981. The van der Waals surface area contributed by atoms with Gasteiger partial charge in [0.15, 0.2) is 0 Å². The predicted octanol–water partition coefficient (Wildman–Crippen LogP) is -1.53. The number of H-pyrrole nitrogens is 1. The first-order chi connectivity index (χ1) is 17.0. The Morgan fingerprint density at radius 2 is 1.61 bits per heavy atom. The number of hydrogen-bond acceptors (Lipinski definition) is 8. The summed E-state index contributed by atoms with van der Waals surface area (Å²) in [6.07, 6.45) is 3.66. The largest absolute Gasteiger partial charge is 0.481 e. The third-order valence-electron chi connectivity index (χ3n) is 5.43. The normalized spacial score (nSPS) is 14.4. The lowest BCUT2D eigenvalue weighted by molar-refractivity contribution is -0.143. The molecule has 202 valence electrons. The topological polar surface area (TPSA) is 243 Å². The van der Waals surface area contributed by atoms with Gasteiger partial charge in [0.05, 0.1) is 12.4 Å². The standard InChI is InChI=1S/C22H37N7O7/c1-12(2)18(22(35)36)29-20(33)15(5-3-4-8-23)27-21(34)16(9-13-10-25-11-26-13)28-19(32)14(24)6-7-17(30)31/h10-12,14-16,18H,3-9,23-24H2,1-2H3,(H,25,26)(H,27,34)(H,28,32)(H,29,33)(H,30,31)(H,35,36). The molecule has 14 nitrogen and oxygen atoms in total. The van der Waals surface area contributed by atoms with Gasteiger partial charge in [-0.2, -0.15) is 0 Å². The number of rotatable bonds is 17. The number of hydrogen-bond donors (Lipinski definition) is 8. The third-order valence-corrected chi connectivity index (χ3v) is 5.43. The van der Waals surface area contributed by atoms with Crippen LogP contribution in [0.25, 0.3) is 0 Å². The highest BCUT2D eigenvalue weighted by molar-refractivity contribution is 5.94. The number of aliphatic carboxylic acids is 2. The molecule has 0 spiro atoms. The van der Waals surface area contributed by atoms with E-state index in [1.54, 1.807) is 13.8 Å². The van der Waals surface area contributed by atoms with E-state index in [1.807, 2.05) is 0 Å². The van der Waals surface area contributed by atoms with E-state index in [-0.39, 0.29) is 25.7 Å². The van der Waals surface area contributed by atoms with Crippen LogP contribution in [0.5, 0.6) is 0 Å². The third kappa shape index (κ3) is 10.8. The zero-order valence-corrected chi connectivity index (χ0v) is 20.5. The van der Waals surface area contributed by atoms with E-state index < -0.39 is 59.7 Å². The molecule has 14 heteroatoms. The molecule has 1 rings (SSSR count). The zero-order valence-electron chi connectivity index (χ0n) is 20.5. The number of aromatic amines is 1. The molecular weight excluding hydrogens is 474 g/mol. The highest BCUT2D eigenvalue weighted by Crippen LogP contribution is 2.08. The van der Waals surface area contributed by atoms with Crippen molar-refractivity contribution in [2.24, 2.45) is 17.4 Å². The molecule has 0 aliphatic heterocycles. The van der Waals surface area contributed by atoms with E-state index in [0.717, 1.165) is 0 Å². The Morgan fingerprint density at radius 1 is 0.972 bits per heavy atom. The molecule has 36 heavy (non-hydrogen) atoms. The summed E-state index contributed by atoms with van der Waals surface area (Å²) < 4.78 is 0. The molecule has 4 atom stereocenters. The average Bonchev–Trinajstić information content (AvgIpc) is 3.32. The monoisotopic (exact) mass is 511 g/mol. The van der Waals surface area contributed by atoms with Crippen LogP contribution in [-0.2, 0) is 30.4 Å². The number of carboxylic acid groups (broad SMARTS) is 2. The number of aromatic nitrogens is 2. The van der Waals surface area contributed by atoms with Crippen molar-refractivity contribution in [3.63, 3.8) is 0 Å². The fourth-order valence-electron chi connectivity index (χ4n) is 3.32. The van der Waals surface area contributed by atoms with Crippen molar-refractivity contribution in [2.45, 2.75) is 76.5 Å². The number of carbonyl (C=O) groups excluding carboxylic acids is 3. The van der Waals surface area contributed by atoms with Crippen LogP contribution >= 0.6 is 0 Å². The Labute approximate surface area is 209 Å². The molecule has 0 saturated carbocycles. The van der Waals surface area contributed by atoms with Crippen molar-refractivity contribution in [1.29, 1.82) is 0 Å². The fraction of sp³-hybridized carbons (Fsp3) is 0.636. The quantitative estimate of drug-likeness (QED) is 0.112. The van der Waals surface area contributed by atoms with Crippen LogP contribution < -0.4 is 27.4 Å². The molecular formula is C22H37N7O7. The fourth-order valence-corrected chi connectivity index (χ4v) is 3.32. The summed E-state index contributed by atoms with van der Waals surface area (Å²) in [5.74, 6) is -4.82. The molecule has 0 bridgehead atoms. The molecule has 4 unspecified atom stereocenters. The summed E-state index contributed by atoms with van der Waals surface area (Å²) in [6, 6.07) is -4.56. The van der Waals surface area contributed by atoms with E-state index >= 15 is 0 Å². The van der Waals surface area contributed by atoms with Crippen LogP contribution in [0, 0.1) is 5.92 Å². The number of unbranched alkanes of at least 4 members (excludes halogenated alkanes) is 1. The molecule has 0 aliphatic rings. The lowest BCUT2D eigenvalue weighted by atomic mass is 10.0. The van der Waals surface area contributed by atoms with Gasteiger partial charge in [-0.3, -0.25) is 19.2 Å². The highest BCUT2D eigenvalue weighted by Gasteiger charge is 2.31. The Kier molecular flexibility index (Phi) is 13.1. The van der Waals surface area contributed by atoms with Crippen molar-refractivity contribution >= 4 is 29.7 Å². The average molecular weight is 512 g/mol. The smallest absolute Gasteiger partial charge is 0.326 e. The minimum Gasteiger partial charge on any atom is -0.481 e. The first-order valence-electron chi connectivity index (χ1n) is 11.7. The SMILES string of the molecule is CC(C)C(NC(=O)C(CCCCN)NC(=O)C(Cc1cnc[nH]1)NC(=O)C(N)CCC(=O)O)C(=O)O. The summed E-state index contributed by atoms with van der Waals surface area (Å²) in [5.41, 5.74) is 11.8. The minimum atomic E-state index is -1.20. The van der Waals surface area contributed by atoms with Crippen LogP contribution in [0.15, 0.2) is 12.5 Å². The first kappa shape index (κ1) is 30.5. The maximum Gasteiger partial charge on any atom is 0.326 e. The summed E-state index contributed by atoms with van der Waals surface area (Å²) >= 11 is 0. The predicted molar refractivity (Wildman–Crippen MR) is 128 cm³/mol. The van der Waals surface area contributed by atoms with Gasteiger partial charge in [-0.05, 0) is 38.1 Å². The van der Waals surface area contributed by atoms with Gasteiger partial charge in [0.25, 0.3) is 0 Å². The molecule has 1 aromatic rings. The van der Waals surface area contributed by atoms with Gasteiger partial charge in [-0.15, -0.1) is 0 Å². The molecule has 0 radical (unpaired) electrons. The maximum absolute atomic E-state index is 13.2. The number of nitrogens with zero attached hydrogens (tertiary/aromatic N) is 1. The highest BCUT2D eigenvalue weighted by atomic mass is 16.4. The van der Waals surface area contributed by atoms with Gasteiger partial charge in [0.1, 0.15) is 18.1 Å². The van der Waals surface area contributed by atoms with E-state index in [2.05, 4.69) is 25.9 Å². The summed E-state index contributed by atoms with van der Waals surface area (Å²) in [7, 11) is 0. The summed E-state index contributed by atoms with van der Waals surface area (Å²) in [6.45, 7) is 3.66. The molecule has 10 N–H and O–H groups in total. The van der Waals surface area contributed by atoms with Crippen LogP contribution in [-0.4, -0.2) is 80.6 Å². The van der Waals surface area contributed by atoms with Gasteiger partial charge in [-0.25, -0.2) is 9.78 Å². The number of carboxylic acids is 2. The number of amides is 3. The van der Waals surface area contributed by atoms with Crippen molar-refractivity contribution in [3.05, 3.63) is 18.2 Å². The van der Waals surface area contributed by atoms with Gasteiger partial charge in [0, 0.05) is 24.7 Å². The van der Waals surface area contributed by atoms with Crippen LogP contribution in [0.3, 0.4) is 0 Å². The lowest BCUT2D eigenvalue weighted by Crippen LogP contribution is -2.58.